The zero-order valence-corrected chi connectivity index (χ0v) is 13.0. The van der Waals surface area contributed by atoms with Crippen molar-refractivity contribution in [2.45, 2.75) is 72.4 Å². The molecule has 1 saturated carbocycles. The zero-order valence-electron chi connectivity index (χ0n) is 13.0. The third-order valence-corrected chi connectivity index (χ3v) is 4.47. The Bertz CT molecular complexity index is 217. The second kappa shape index (κ2) is 8.16. The van der Waals surface area contributed by atoms with Crippen molar-refractivity contribution in [1.82, 2.24) is 5.32 Å². The van der Waals surface area contributed by atoms with E-state index in [2.05, 4.69) is 39.9 Å². The highest BCUT2D eigenvalue weighted by atomic mass is 16.5. The van der Waals surface area contributed by atoms with Crippen molar-refractivity contribution in [3.63, 3.8) is 0 Å². The van der Waals surface area contributed by atoms with Gasteiger partial charge in [0.25, 0.3) is 0 Å². The molecule has 0 aromatic heterocycles. The zero-order chi connectivity index (χ0) is 13.5. The molecule has 1 aliphatic rings. The molecule has 0 aromatic rings. The highest BCUT2D eigenvalue weighted by molar-refractivity contribution is 4.84. The van der Waals surface area contributed by atoms with Gasteiger partial charge in [0.15, 0.2) is 0 Å². The third-order valence-electron chi connectivity index (χ3n) is 4.47. The van der Waals surface area contributed by atoms with Crippen LogP contribution in [0.3, 0.4) is 0 Å². The maximum atomic E-state index is 5.85. The highest BCUT2D eigenvalue weighted by Crippen LogP contribution is 2.35. The van der Waals surface area contributed by atoms with Crippen LogP contribution in [0.4, 0.5) is 0 Å². The van der Waals surface area contributed by atoms with Crippen molar-refractivity contribution < 1.29 is 4.74 Å². The largest absolute Gasteiger partial charge is 0.377 e. The summed E-state index contributed by atoms with van der Waals surface area (Å²) in [6.07, 6.45) is 5.67. The first-order chi connectivity index (χ1) is 8.54. The van der Waals surface area contributed by atoms with E-state index < -0.39 is 0 Å². The predicted molar refractivity (Wildman–Crippen MR) is 78.8 cm³/mol. The van der Waals surface area contributed by atoms with Crippen molar-refractivity contribution in [1.29, 1.82) is 0 Å². The van der Waals surface area contributed by atoms with Gasteiger partial charge in [0, 0.05) is 6.04 Å². The van der Waals surface area contributed by atoms with E-state index in [1.807, 2.05) is 0 Å². The van der Waals surface area contributed by atoms with Crippen LogP contribution in [0.15, 0.2) is 0 Å². The average molecular weight is 255 g/mol. The molecular weight excluding hydrogens is 222 g/mol. The van der Waals surface area contributed by atoms with Crippen LogP contribution in [-0.2, 0) is 4.74 Å². The summed E-state index contributed by atoms with van der Waals surface area (Å²) in [5, 5.41) is 3.70. The minimum atomic E-state index is 0.343. The van der Waals surface area contributed by atoms with Crippen molar-refractivity contribution in [2.75, 3.05) is 13.2 Å². The van der Waals surface area contributed by atoms with Crippen LogP contribution < -0.4 is 5.32 Å². The normalized spacial score (nSPS) is 30.7. The number of hydrogen-bond acceptors (Lipinski definition) is 2. The van der Waals surface area contributed by atoms with E-state index in [0.717, 1.165) is 30.9 Å². The van der Waals surface area contributed by atoms with Crippen LogP contribution in [-0.4, -0.2) is 25.3 Å². The fraction of sp³-hybridized carbons (Fsp3) is 1.00. The maximum absolute atomic E-state index is 5.85. The van der Waals surface area contributed by atoms with E-state index in [-0.39, 0.29) is 0 Å². The van der Waals surface area contributed by atoms with Gasteiger partial charge in [-0.3, -0.25) is 0 Å². The van der Waals surface area contributed by atoms with Crippen molar-refractivity contribution in [3.8, 4) is 0 Å². The van der Waals surface area contributed by atoms with E-state index in [9.17, 15) is 0 Å². The summed E-state index contributed by atoms with van der Waals surface area (Å²) < 4.78 is 5.85. The molecule has 4 unspecified atom stereocenters. The smallest absolute Gasteiger partial charge is 0.0625 e. The Morgan fingerprint density at radius 3 is 2.44 bits per heavy atom. The molecule has 1 aliphatic carbocycles. The van der Waals surface area contributed by atoms with Crippen LogP contribution in [0.5, 0.6) is 0 Å². The van der Waals surface area contributed by atoms with Crippen LogP contribution in [0.25, 0.3) is 0 Å². The van der Waals surface area contributed by atoms with Crippen LogP contribution >= 0.6 is 0 Å². The molecule has 1 rings (SSSR count). The predicted octanol–water partition coefficient (Wildman–Crippen LogP) is 3.85. The molecule has 4 atom stereocenters. The topological polar surface area (TPSA) is 21.3 Å². The molecule has 0 spiro atoms. The van der Waals surface area contributed by atoms with Gasteiger partial charge in [0.2, 0.25) is 0 Å². The SMILES string of the molecule is CCCNC(COC(C)C)C1CCC(C)C(C)C1. The molecule has 0 heterocycles. The second-order valence-corrected chi connectivity index (χ2v) is 6.47. The summed E-state index contributed by atoms with van der Waals surface area (Å²) in [5.74, 6) is 2.58. The Kier molecular flexibility index (Phi) is 7.25. The quantitative estimate of drug-likeness (QED) is 0.746. The van der Waals surface area contributed by atoms with Crippen LogP contribution in [0, 0.1) is 17.8 Å². The van der Waals surface area contributed by atoms with E-state index >= 15 is 0 Å². The van der Waals surface area contributed by atoms with Crippen LogP contribution in [0.2, 0.25) is 0 Å². The van der Waals surface area contributed by atoms with Crippen LogP contribution in [0.1, 0.15) is 60.3 Å². The fourth-order valence-electron chi connectivity index (χ4n) is 2.94. The lowest BCUT2D eigenvalue weighted by Gasteiger charge is -2.37. The molecule has 108 valence electrons. The summed E-state index contributed by atoms with van der Waals surface area (Å²) in [6.45, 7) is 13.3. The molecule has 0 saturated heterocycles. The monoisotopic (exact) mass is 255 g/mol. The van der Waals surface area contributed by atoms with Crippen molar-refractivity contribution >= 4 is 0 Å². The van der Waals surface area contributed by atoms with E-state index in [0.29, 0.717) is 12.1 Å². The number of nitrogens with one attached hydrogen (secondary N) is 1. The van der Waals surface area contributed by atoms with Gasteiger partial charge >= 0.3 is 0 Å². The first-order valence-electron chi connectivity index (χ1n) is 7.89. The second-order valence-electron chi connectivity index (χ2n) is 6.47. The average Bonchev–Trinajstić information content (AvgIpc) is 2.33. The molecule has 2 heteroatoms. The number of hydrogen-bond donors (Lipinski definition) is 1. The first kappa shape index (κ1) is 16.0. The minimum absolute atomic E-state index is 0.343. The van der Waals surface area contributed by atoms with Crippen molar-refractivity contribution in [2.24, 2.45) is 17.8 Å². The Balaban J connectivity index is 2.47. The molecular formula is C16H33NO. The molecule has 0 radical (unpaired) electrons. The molecule has 1 N–H and O–H groups in total. The number of ether oxygens (including phenoxy) is 1. The van der Waals surface area contributed by atoms with Gasteiger partial charge in [0.05, 0.1) is 12.7 Å². The molecule has 0 aliphatic heterocycles. The minimum Gasteiger partial charge on any atom is -0.377 e. The third kappa shape index (κ3) is 5.27. The molecule has 0 amide bonds. The maximum Gasteiger partial charge on any atom is 0.0625 e. The van der Waals surface area contributed by atoms with Gasteiger partial charge in [-0.15, -0.1) is 0 Å². The van der Waals surface area contributed by atoms with E-state index in [1.165, 1.54) is 25.7 Å². The summed E-state index contributed by atoms with van der Waals surface area (Å²) in [4.78, 5) is 0. The molecule has 1 fully saturated rings. The molecule has 18 heavy (non-hydrogen) atoms. The number of rotatable bonds is 7. The lowest BCUT2D eigenvalue weighted by molar-refractivity contribution is 0.0354. The lowest BCUT2D eigenvalue weighted by atomic mass is 9.73. The van der Waals surface area contributed by atoms with E-state index in [4.69, 9.17) is 4.74 Å². The summed E-state index contributed by atoms with van der Waals surface area (Å²) in [7, 11) is 0. The Labute approximate surface area is 114 Å². The summed E-state index contributed by atoms with van der Waals surface area (Å²) in [6, 6.07) is 0.558. The standard InChI is InChI=1S/C16H33NO/c1-6-9-17-16(11-18-12(2)3)15-8-7-13(4)14(5)10-15/h12-17H,6-11H2,1-5H3. The molecule has 0 aromatic carbocycles. The van der Waals surface area contributed by atoms with Gasteiger partial charge in [-0.2, -0.15) is 0 Å². The van der Waals surface area contributed by atoms with Gasteiger partial charge < -0.3 is 10.1 Å². The molecule has 0 bridgehead atoms. The fourth-order valence-corrected chi connectivity index (χ4v) is 2.94. The molecule has 2 nitrogen and oxygen atoms in total. The Hall–Kier alpha value is -0.0800. The van der Waals surface area contributed by atoms with Gasteiger partial charge in [-0.25, -0.2) is 0 Å². The van der Waals surface area contributed by atoms with Gasteiger partial charge in [-0.1, -0.05) is 27.2 Å². The van der Waals surface area contributed by atoms with Crippen molar-refractivity contribution in [3.05, 3.63) is 0 Å². The Morgan fingerprint density at radius 2 is 1.89 bits per heavy atom. The lowest BCUT2D eigenvalue weighted by Crippen LogP contribution is -2.43. The summed E-state index contributed by atoms with van der Waals surface area (Å²) in [5.41, 5.74) is 0. The first-order valence-corrected chi connectivity index (χ1v) is 7.89. The highest BCUT2D eigenvalue weighted by Gasteiger charge is 2.30. The van der Waals surface area contributed by atoms with Gasteiger partial charge in [-0.05, 0) is 57.4 Å². The summed E-state index contributed by atoms with van der Waals surface area (Å²) >= 11 is 0. The van der Waals surface area contributed by atoms with E-state index in [1.54, 1.807) is 0 Å². The van der Waals surface area contributed by atoms with Gasteiger partial charge in [0.1, 0.15) is 0 Å². The Morgan fingerprint density at radius 1 is 1.17 bits per heavy atom.